The first kappa shape index (κ1) is 21.2. The Kier molecular flexibility index (Phi) is 5.32. The minimum atomic E-state index is -0.482. The number of hydrogen-bond acceptors (Lipinski definition) is 4. The van der Waals surface area contributed by atoms with Crippen LogP contribution in [0.5, 0.6) is 0 Å². The lowest BCUT2D eigenvalue weighted by atomic mass is 9.66. The van der Waals surface area contributed by atoms with E-state index in [0.717, 1.165) is 63.4 Å². The van der Waals surface area contributed by atoms with Gasteiger partial charge in [0.2, 0.25) is 5.91 Å². The average molecular weight is 436 g/mol. The molecule has 32 heavy (non-hydrogen) atoms. The standard InChI is InChI=1S/C25H33N5O2/c1-18(2)30-23(31)20-8-5-4-7-19(20)22(24(32)29-12-6-13-29)25(30)9-14-28(15-10-25)17-21-26-11-16-27(21)3/h4-5,7-8,11,16,18,22H,6,9-10,12-15,17H2,1-3H3. The van der Waals surface area contributed by atoms with Gasteiger partial charge in [-0.15, -0.1) is 0 Å². The molecule has 2 fully saturated rings. The van der Waals surface area contributed by atoms with Gasteiger partial charge in [-0.2, -0.15) is 0 Å². The molecule has 7 nitrogen and oxygen atoms in total. The van der Waals surface area contributed by atoms with E-state index >= 15 is 0 Å². The highest BCUT2D eigenvalue weighted by Gasteiger charge is 2.57. The van der Waals surface area contributed by atoms with E-state index < -0.39 is 5.54 Å². The molecule has 0 bridgehead atoms. The zero-order valence-corrected chi connectivity index (χ0v) is 19.3. The molecule has 1 unspecified atom stereocenters. The van der Waals surface area contributed by atoms with Crippen molar-refractivity contribution in [2.75, 3.05) is 26.2 Å². The quantitative estimate of drug-likeness (QED) is 0.741. The summed E-state index contributed by atoms with van der Waals surface area (Å²) < 4.78 is 2.06. The monoisotopic (exact) mass is 435 g/mol. The third-order valence-electron chi connectivity index (χ3n) is 7.68. The molecular formula is C25H33N5O2. The van der Waals surface area contributed by atoms with Crippen LogP contribution < -0.4 is 0 Å². The summed E-state index contributed by atoms with van der Waals surface area (Å²) in [6.45, 7) is 8.29. The third-order valence-corrected chi connectivity index (χ3v) is 7.68. The van der Waals surface area contributed by atoms with Gasteiger partial charge >= 0.3 is 0 Å². The van der Waals surface area contributed by atoms with Crippen molar-refractivity contribution < 1.29 is 9.59 Å². The zero-order valence-electron chi connectivity index (χ0n) is 19.3. The van der Waals surface area contributed by atoms with Crippen LogP contribution in [0.3, 0.4) is 0 Å². The number of carbonyl (C=O) groups is 2. The van der Waals surface area contributed by atoms with Gasteiger partial charge in [0.15, 0.2) is 0 Å². The van der Waals surface area contributed by atoms with E-state index in [4.69, 9.17) is 0 Å². The summed E-state index contributed by atoms with van der Waals surface area (Å²) in [5.41, 5.74) is 1.13. The van der Waals surface area contributed by atoms with Crippen LogP contribution in [-0.2, 0) is 18.4 Å². The lowest BCUT2D eigenvalue weighted by Gasteiger charge is -2.57. The van der Waals surface area contributed by atoms with Gasteiger partial charge < -0.3 is 14.4 Å². The number of nitrogens with zero attached hydrogens (tertiary/aromatic N) is 5. The Balaban J connectivity index is 1.52. The van der Waals surface area contributed by atoms with E-state index in [0.29, 0.717) is 5.56 Å². The van der Waals surface area contributed by atoms with Gasteiger partial charge in [0.05, 0.1) is 18.0 Å². The summed E-state index contributed by atoms with van der Waals surface area (Å²) in [5, 5.41) is 0. The molecular weight excluding hydrogens is 402 g/mol. The second kappa shape index (κ2) is 8.03. The zero-order chi connectivity index (χ0) is 22.5. The molecule has 0 N–H and O–H groups in total. The Labute approximate surface area is 190 Å². The third kappa shape index (κ3) is 3.25. The Morgan fingerprint density at radius 1 is 1.16 bits per heavy atom. The summed E-state index contributed by atoms with van der Waals surface area (Å²) in [5.74, 6) is 1.01. The van der Waals surface area contributed by atoms with E-state index in [-0.39, 0.29) is 23.8 Å². The summed E-state index contributed by atoms with van der Waals surface area (Å²) in [7, 11) is 2.02. The fourth-order valence-electron chi connectivity index (χ4n) is 5.91. The first-order chi connectivity index (χ1) is 15.4. The predicted molar refractivity (Wildman–Crippen MR) is 122 cm³/mol. The smallest absolute Gasteiger partial charge is 0.254 e. The van der Waals surface area contributed by atoms with Gasteiger partial charge in [0, 0.05) is 57.2 Å². The SMILES string of the molecule is CC(C)N1C(=O)c2ccccc2C(C(=O)N2CCC2)C12CCN(Cc1nccn1C)CC2. The Bertz CT molecular complexity index is 1020. The van der Waals surface area contributed by atoms with Crippen molar-refractivity contribution in [2.24, 2.45) is 7.05 Å². The van der Waals surface area contributed by atoms with Gasteiger partial charge in [-0.1, -0.05) is 18.2 Å². The molecule has 1 spiro atoms. The number of amides is 2. The molecule has 5 rings (SSSR count). The first-order valence-corrected chi connectivity index (χ1v) is 11.8. The van der Waals surface area contributed by atoms with Crippen LogP contribution in [0.2, 0.25) is 0 Å². The lowest BCUT2D eigenvalue weighted by molar-refractivity contribution is -0.142. The molecule has 7 heteroatoms. The van der Waals surface area contributed by atoms with Gasteiger partial charge in [0.25, 0.3) is 5.91 Å². The maximum atomic E-state index is 13.8. The van der Waals surface area contributed by atoms with E-state index in [2.05, 4.69) is 33.2 Å². The second-order valence-corrected chi connectivity index (χ2v) is 9.80. The molecule has 3 aliphatic rings. The average Bonchev–Trinajstić information content (AvgIpc) is 3.13. The number of imidazole rings is 1. The van der Waals surface area contributed by atoms with Crippen molar-refractivity contribution in [3.63, 3.8) is 0 Å². The molecule has 4 heterocycles. The van der Waals surface area contributed by atoms with E-state index in [1.165, 1.54) is 0 Å². The van der Waals surface area contributed by atoms with Crippen molar-refractivity contribution >= 4 is 11.8 Å². The number of fused-ring (bicyclic) bond motifs is 1. The van der Waals surface area contributed by atoms with E-state index in [1.54, 1.807) is 0 Å². The van der Waals surface area contributed by atoms with Gasteiger partial charge in [-0.05, 0) is 44.7 Å². The molecule has 2 saturated heterocycles. The predicted octanol–water partition coefficient (Wildman–Crippen LogP) is 2.64. The number of benzene rings is 1. The second-order valence-electron chi connectivity index (χ2n) is 9.80. The first-order valence-electron chi connectivity index (χ1n) is 11.8. The minimum Gasteiger partial charge on any atom is -0.342 e. The molecule has 2 aromatic rings. The summed E-state index contributed by atoms with van der Waals surface area (Å²) in [6, 6.07) is 7.82. The maximum Gasteiger partial charge on any atom is 0.254 e. The van der Waals surface area contributed by atoms with Crippen molar-refractivity contribution in [1.82, 2.24) is 24.3 Å². The molecule has 1 aromatic carbocycles. The highest BCUT2D eigenvalue weighted by Crippen LogP contribution is 2.49. The van der Waals surface area contributed by atoms with E-state index in [9.17, 15) is 9.59 Å². The Morgan fingerprint density at radius 2 is 1.88 bits per heavy atom. The van der Waals surface area contributed by atoms with Crippen molar-refractivity contribution in [1.29, 1.82) is 0 Å². The largest absolute Gasteiger partial charge is 0.342 e. The van der Waals surface area contributed by atoms with E-state index in [1.807, 2.05) is 48.6 Å². The topological polar surface area (TPSA) is 61.7 Å². The van der Waals surface area contributed by atoms with Crippen molar-refractivity contribution in [2.45, 2.75) is 57.2 Å². The van der Waals surface area contributed by atoms with Crippen LogP contribution in [0.1, 0.15) is 60.8 Å². The fourth-order valence-corrected chi connectivity index (χ4v) is 5.91. The number of piperidine rings is 1. The van der Waals surface area contributed by atoms with Gasteiger partial charge in [-0.25, -0.2) is 4.98 Å². The fraction of sp³-hybridized carbons (Fsp3) is 0.560. The summed E-state index contributed by atoms with van der Waals surface area (Å²) >= 11 is 0. The molecule has 0 aliphatic carbocycles. The molecule has 0 radical (unpaired) electrons. The van der Waals surface area contributed by atoms with Crippen LogP contribution in [-0.4, -0.2) is 73.8 Å². The van der Waals surface area contributed by atoms with Gasteiger partial charge in [0.1, 0.15) is 5.82 Å². The normalized spacial score (nSPS) is 22.9. The number of likely N-dealkylation sites (tertiary alicyclic amines) is 2. The van der Waals surface area contributed by atoms with Crippen LogP contribution in [0, 0.1) is 0 Å². The van der Waals surface area contributed by atoms with Crippen molar-refractivity contribution in [3.05, 3.63) is 53.6 Å². The Morgan fingerprint density at radius 3 is 2.47 bits per heavy atom. The molecule has 1 atom stereocenters. The number of aryl methyl sites for hydroxylation is 1. The highest BCUT2D eigenvalue weighted by molar-refractivity contribution is 6.02. The molecule has 0 saturated carbocycles. The summed E-state index contributed by atoms with van der Waals surface area (Å²) in [4.78, 5) is 38.5. The Hall–Kier alpha value is -2.67. The number of aromatic nitrogens is 2. The molecule has 1 aromatic heterocycles. The van der Waals surface area contributed by atoms with Crippen LogP contribution in [0.25, 0.3) is 0 Å². The maximum absolute atomic E-state index is 13.8. The van der Waals surface area contributed by atoms with Crippen LogP contribution in [0.15, 0.2) is 36.7 Å². The molecule has 3 aliphatic heterocycles. The van der Waals surface area contributed by atoms with Crippen LogP contribution in [0.4, 0.5) is 0 Å². The number of hydrogen-bond donors (Lipinski definition) is 0. The number of rotatable bonds is 4. The molecule has 170 valence electrons. The summed E-state index contributed by atoms with van der Waals surface area (Å²) in [6.07, 6.45) is 6.46. The van der Waals surface area contributed by atoms with Gasteiger partial charge in [-0.3, -0.25) is 14.5 Å². The lowest BCUT2D eigenvalue weighted by Crippen LogP contribution is -2.67. The van der Waals surface area contributed by atoms with Crippen molar-refractivity contribution in [3.8, 4) is 0 Å². The number of carbonyl (C=O) groups excluding carboxylic acids is 2. The minimum absolute atomic E-state index is 0.0311. The molecule has 2 amide bonds. The highest BCUT2D eigenvalue weighted by atomic mass is 16.2. The van der Waals surface area contributed by atoms with Crippen LogP contribution >= 0.6 is 0 Å².